The number of allylic oxidation sites excluding steroid dienone is 1. The minimum atomic E-state index is -0.812. The summed E-state index contributed by atoms with van der Waals surface area (Å²) < 4.78 is 18.0. The van der Waals surface area contributed by atoms with Gasteiger partial charge in [0.05, 0.1) is 16.6 Å². The number of fused-ring (bicyclic) bond motifs is 1. The normalized spacial score (nSPS) is 11.7. The Morgan fingerprint density at radius 2 is 2.08 bits per heavy atom. The Balaban J connectivity index is 1.80. The number of nitrogens with zero attached hydrogens (tertiary/aromatic N) is 2. The van der Waals surface area contributed by atoms with Crippen LogP contribution in [-0.2, 0) is 4.74 Å². The van der Waals surface area contributed by atoms with Gasteiger partial charge in [0.1, 0.15) is 24.1 Å². The fourth-order valence-electron chi connectivity index (χ4n) is 2.23. The maximum Gasteiger partial charge on any atom is 0.338 e. The lowest BCUT2D eigenvalue weighted by atomic mass is 10.2. The first-order chi connectivity index (χ1) is 12.1. The zero-order chi connectivity index (χ0) is 17.8. The molecule has 0 aliphatic rings. The number of nitriles is 1. The van der Waals surface area contributed by atoms with E-state index in [0.717, 1.165) is 6.07 Å². The minimum Gasteiger partial charge on any atom is -0.507 e. The number of hydrogen-bond acceptors (Lipinski definition) is 5. The number of para-hydroxylation sites is 2. The Labute approximate surface area is 141 Å². The van der Waals surface area contributed by atoms with E-state index in [0.29, 0.717) is 11.0 Å². The molecule has 2 N–H and O–H groups in total. The van der Waals surface area contributed by atoms with E-state index in [1.165, 1.54) is 18.2 Å². The number of esters is 1. The van der Waals surface area contributed by atoms with Crippen LogP contribution in [-0.4, -0.2) is 27.7 Å². The fourth-order valence-corrected chi connectivity index (χ4v) is 2.23. The highest BCUT2D eigenvalue weighted by Gasteiger charge is 2.15. The van der Waals surface area contributed by atoms with Crippen LogP contribution in [0.4, 0.5) is 4.39 Å². The number of aromatic nitrogens is 2. The minimum absolute atomic E-state index is 0.00930. The Morgan fingerprint density at radius 3 is 2.80 bits per heavy atom. The predicted molar refractivity (Wildman–Crippen MR) is 87.9 cm³/mol. The molecule has 0 aliphatic heterocycles. The molecule has 25 heavy (non-hydrogen) atoms. The van der Waals surface area contributed by atoms with Gasteiger partial charge in [-0.15, -0.1) is 0 Å². The summed E-state index contributed by atoms with van der Waals surface area (Å²) in [6.07, 6.45) is 0. The van der Waals surface area contributed by atoms with Gasteiger partial charge >= 0.3 is 5.97 Å². The van der Waals surface area contributed by atoms with Crippen LogP contribution in [0.5, 0.6) is 0 Å². The van der Waals surface area contributed by atoms with E-state index < -0.39 is 24.2 Å². The number of hydrogen-bond donors (Lipinski definition) is 2. The SMILES string of the molecule is N#C/C(=C(/O)COC(=O)c1cccc(F)c1)c1nc2ccccc2[nH]1. The average molecular weight is 337 g/mol. The van der Waals surface area contributed by atoms with Gasteiger partial charge in [-0.05, 0) is 30.3 Å². The molecule has 0 saturated carbocycles. The molecule has 6 nitrogen and oxygen atoms in total. The number of aromatic amines is 1. The van der Waals surface area contributed by atoms with Crippen molar-refractivity contribution in [2.75, 3.05) is 6.61 Å². The Morgan fingerprint density at radius 1 is 1.28 bits per heavy atom. The highest BCUT2D eigenvalue weighted by Crippen LogP contribution is 2.19. The van der Waals surface area contributed by atoms with Crippen LogP contribution in [0.15, 0.2) is 54.3 Å². The lowest BCUT2D eigenvalue weighted by molar-refractivity contribution is 0.0502. The topological polar surface area (TPSA) is 99.0 Å². The largest absolute Gasteiger partial charge is 0.507 e. The summed E-state index contributed by atoms with van der Waals surface area (Å²) in [6, 6.07) is 13.9. The van der Waals surface area contributed by atoms with Crippen LogP contribution < -0.4 is 0 Å². The van der Waals surface area contributed by atoms with Gasteiger partial charge in [0.25, 0.3) is 0 Å². The molecular formula is C18H12FN3O3. The van der Waals surface area contributed by atoms with E-state index in [9.17, 15) is 19.6 Å². The van der Waals surface area contributed by atoms with Crippen molar-refractivity contribution in [3.63, 3.8) is 0 Å². The molecule has 0 atom stereocenters. The van der Waals surface area contributed by atoms with Crippen molar-refractivity contribution in [1.29, 1.82) is 5.26 Å². The number of aliphatic hydroxyl groups is 1. The van der Waals surface area contributed by atoms with Crippen molar-refractivity contribution < 1.29 is 19.0 Å². The lowest BCUT2D eigenvalue weighted by Crippen LogP contribution is -2.09. The van der Waals surface area contributed by atoms with Crippen LogP contribution in [0.1, 0.15) is 16.2 Å². The number of ether oxygens (including phenoxy) is 1. The number of aliphatic hydroxyl groups excluding tert-OH is 1. The Hall–Kier alpha value is -3.66. The first-order valence-corrected chi connectivity index (χ1v) is 7.28. The number of carbonyl (C=O) groups is 1. The maximum absolute atomic E-state index is 13.1. The molecular weight excluding hydrogens is 325 g/mol. The van der Waals surface area contributed by atoms with Crippen molar-refractivity contribution >= 4 is 22.6 Å². The van der Waals surface area contributed by atoms with E-state index >= 15 is 0 Å². The van der Waals surface area contributed by atoms with E-state index in [4.69, 9.17) is 4.74 Å². The van der Waals surface area contributed by atoms with Crippen LogP contribution in [0.2, 0.25) is 0 Å². The second-order valence-electron chi connectivity index (χ2n) is 5.12. The van der Waals surface area contributed by atoms with Crippen molar-refractivity contribution in [2.45, 2.75) is 0 Å². The standard InChI is InChI=1S/C18H12FN3O3/c19-12-5-3-4-11(8-12)18(24)25-10-16(23)13(9-20)17-21-14-6-1-2-7-15(14)22-17/h1-8,23H,10H2,(H,21,22)/b16-13-. The number of H-pyrrole nitrogens is 1. The van der Waals surface area contributed by atoms with E-state index in [-0.39, 0.29) is 17.0 Å². The fraction of sp³-hybridized carbons (Fsp3) is 0.0556. The van der Waals surface area contributed by atoms with Crippen LogP contribution >= 0.6 is 0 Å². The molecule has 1 aromatic heterocycles. The van der Waals surface area contributed by atoms with Crippen LogP contribution in [0.3, 0.4) is 0 Å². The predicted octanol–water partition coefficient (Wildman–Crippen LogP) is 3.35. The smallest absolute Gasteiger partial charge is 0.338 e. The van der Waals surface area contributed by atoms with E-state index in [1.807, 2.05) is 6.07 Å². The number of benzene rings is 2. The molecule has 124 valence electrons. The molecule has 0 unspecified atom stereocenters. The van der Waals surface area contributed by atoms with Gasteiger partial charge in [-0.3, -0.25) is 0 Å². The molecule has 0 amide bonds. The highest BCUT2D eigenvalue weighted by molar-refractivity contribution is 5.89. The summed E-state index contributed by atoms with van der Waals surface area (Å²) in [5.41, 5.74) is 1.21. The third-order valence-corrected chi connectivity index (χ3v) is 3.43. The van der Waals surface area contributed by atoms with Crippen molar-refractivity contribution in [3.05, 3.63) is 71.5 Å². The molecule has 0 aliphatic carbocycles. The summed E-state index contributed by atoms with van der Waals surface area (Å²) in [6.45, 7) is -0.532. The van der Waals surface area contributed by atoms with Gasteiger partial charge in [-0.2, -0.15) is 5.26 Å². The van der Waals surface area contributed by atoms with Crippen molar-refractivity contribution in [2.24, 2.45) is 0 Å². The molecule has 3 rings (SSSR count). The zero-order valence-electron chi connectivity index (χ0n) is 12.9. The third-order valence-electron chi connectivity index (χ3n) is 3.43. The summed E-state index contributed by atoms with van der Waals surface area (Å²) in [4.78, 5) is 19.0. The summed E-state index contributed by atoms with van der Waals surface area (Å²) in [5.74, 6) is -1.67. The quantitative estimate of drug-likeness (QED) is 0.432. The second-order valence-corrected chi connectivity index (χ2v) is 5.12. The monoisotopic (exact) mass is 337 g/mol. The van der Waals surface area contributed by atoms with Crippen LogP contribution in [0, 0.1) is 17.1 Å². The zero-order valence-corrected chi connectivity index (χ0v) is 12.9. The number of halogens is 1. The first kappa shape index (κ1) is 16.2. The molecule has 0 saturated heterocycles. The molecule has 7 heteroatoms. The van der Waals surface area contributed by atoms with Gasteiger partial charge in [0.15, 0.2) is 11.6 Å². The molecule has 3 aromatic rings. The van der Waals surface area contributed by atoms with Crippen molar-refractivity contribution in [3.8, 4) is 6.07 Å². The lowest BCUT2D eigenvalue weighted by Gasteiger charge is -2.05. The van der Waals surface area contributed by atoms with Gasteiger partial charge in [-0.1, -0.05) is 18.2 Å². The van der Waals surface area contributed by atoms with E-state index in [1.54, 1.807) is 24.3 Å². The Bertz CT molecular complexity index is 985. The van der Waals surface area contributed by atoms with Gasteiger partial charge in [0, 0.05) is 0 Å². The van der Waals surface area contributed by atoms with Crippen molar-refractivity contribution in [1.82, 2.24) is 9.97 Å². The van der Waals surface area contributed by atoms with Gasteiger partial charge in [-0.25, -0.2) is 14.2 Å². The molecule has 0 radical (unpaired) electrons. The summed E-state index contributed by atoms with van der Waals surface area (Å²) in [5, 5.41) is 19.4. The average Bonchev–Trinajstić information content (AvgIpc) is 3.03. The summed E-state index contributed by atoms with van der Waals surface area (Å²) >= 11 is 0. The first-order valence-electron chi connectivity index (χ1n) is 7.28. The number of imidazole rings is 1. The number of rotatable bonds is 4. The number of nitrogens with one attached hydrogen (secondary N) is 1. The Kier molecular flexibility index (Phi) is 4.44. The molecule has 0 fully saturated rings. The molecule has 0 spiro atoms. The summed E-state index contributed by atoms with van der Waals surface area (Å²) in [7, 11) is 0. The van der Waals surface area contributed by atoms with E-state index in [2.05, 4.69) is 9.97 Å². The highest BCUT2D eigenvalue weighted by atomic mass is 19.1. The maximum atomic E-state index is 13.1. The molecule has 2 aromatic carbocycles. The number of carbonyl (C=O) groups excluding carboxylic acids is 1. The molecule has 1 heterocycles. The van der Waals surface area contributed by atoms with Gasteiger partial charge in [0.2, 0.25) is 0 Å². The second kappa shape index (κ2) is 6.84. The van der Waals surface area contributed by atoms with Crippen LogP contribution in [0.25, 0.3) is 16.6 Å². The molecule has 0 bridgehead atoms. The third kappa shape index (κ3) is 3.48. The van der Waals surface area contributed by atoms with Gasteiger partial charge < -0.3 is 14.8 Å².